The van der Waals surface area contributed by atoms with E-state index in [0.717, 1.165) is 11.1 Å². The number of aryl methyl sites for hydroxylation is 1. The van der Waals surface area contributed by atoms with Gasteiger partial charge in [-0.3, -0.25) is 4.98 Å². The van der Waals surface area contributed by atoms with Crippen molar-refractivity contribution in [1.82, 2.24) is 4.98 Å². The summed E-state index contributed by atoms with van der Waals surface area (Å²) in [6.07, 6.45) is 1.97. The summed E-state index contributed by atoms with van der Waals surface area (Å²) >= 11 is 0. The highest BCUT2D eigenvalue weighted by Gasteiger charge is 2.68. The van der Waals surface area contributed by atoms with Crippen molar-refractivity contribution in [3.8, 4) is 17.1 Å². The van der Waals surface area contributed by atoms with Gasteiger partial charge in [0.25, 0.3) is 0 Å². The quantitative estimate of drug-likeness (QED) is 0.158. The van der Waals surface area contributed by atoms with E-state index in [1.807, 2.05) is 38.1 Å². The molecule has 1 N–H and O–H groups in total. The molecule has 2 aromatic heterocycles. The second-order valence-electron chi connectivity index (χ2n) is 14.4. The van der Waals surface area contributed by atoms with E-state index in [1.54, 1.807) is 37.7 Å². The number of aliphatic hydroxyl groups is 1. The first-order valence-corrected chi connectivity index (χ1v) is 17.1. The van der Waals surface area contributed by atoms with Crippen LogP contribution >= 0.6 is 0 Å². The van der Waals surface area contributed by atoms with Crippen LogP contribution in [0.2, 0.25) is 0 Å². The highest BCUT2D eigenvalue weighted by molar-refractivity contribution is 5.89. The van der Waals surface area contributed by atoms with Crippen LogP contribution in [-0.2, 0) is 14.2 Å². The smallest absolute Gasteiger partial charge is 0.345 e. The van der Waals surface area contributed by atoms with Crippen LogP contribution < -0.4 is 10.4 Å². The fourth-order valence-electron chi connectivity index (χ4n) is 9.05. The number of hydrogen-bond donors (Lipinski definition) is 1. The van der Waals surface area contributed by atoms with Crippen molar-refractivity contribution >= 4 is 5.97 Å². The molecule has 1 aliphatic heterocycles. The van der Waals surface area contributed by atoms with Crippen molar-refractivity contribution in [1.29, 1.82) is 0 Å². The van der Waals surface area contributed by atoms with E-state index in [4.69, 9.17) is 23.4 Å². The van der Waals surface area contributed by atoms with Gasteiger partial charge in [0, 0.05) is 42.6 Å². The summed E-state index contributed by atoms with van der Waals surface area (Å²) < 4.78 is 45.1. The zero-order chi connectivity index (χ0) is 35.4. The lowest BCUT2D eigenvalue weighted by atomic mass is 9.46. The maximum absolute atomic E-state index is 13.8. The molecule has 9 nitrogen and oxygen atoms in total. The normalized spacial score (nSPS) is 30.6. The van der Waals surface area contributed by atoms with Gasteiger partial charge in [-0.25, -0.2) is 14.0 Å². The van der Waals surface area contributed by atoms with Crippen LogP contribution in [0.4, 0.5) is 4.39 Å². The molecular formula is C40H42FNO8. The summed E-state index contributed by atoms with van der Waals surface area (Å²) in [5.41, 5.74) is 0.280. The third kappa shape index (κ3) is 5.73. The van der Waals surface area contributed by atoms with Gasteiger partial charge in [-0.1, -0.05) is 38.1 Å². The van der Waals surface area contributed by atoms with E-state index >= 15 is 0 Å². The molecule has 3 aliphatic rings. The van der Waals surface area contributed by atoms with Crippen LogP contribution in [0, 0.1) is 35.9 Å². The topological polar surface area (TPSA) is 117 Å². The van der Waals surface area contributed by atoms with Crippen LogP contribution in [0.25, 0.3) is 11.3 Å². The highest BCUT2D eigenvalue weighted by Crippen LogP contribution is 2.65. The molecule has 9 unspecified atom stereocenters. The number of aromatic nitrogens is 1. The molecule has 7 rings (SSSR count). The van der Waals surface area contributed by atoms with E-state index in [9.17, 15) is 19.1 Å². The second-order valence-corrected chi connectivity index (χ2v) is 14.4. The third-order valence-corrected chi connectivity index (χ3v) is 11.6. The average molecular weight is 684 g/mol. The molecule has 3 heterocycles. The lowest BCUT2D eigenvalue weighted by Gasteiger charge is -2.64. The molecule has 4 aromatic rings. The van der Waals surface area contributed by atoms with Crippen molar-refractivity contribution in [2.45, 2.75) is 77.2 Å². The number of ether oxygens (including phenoxy) is 4. The number of aliphatic hydroxyl groups excluding tert-OH is 1. The van der Waals surface area contributed by atoms with Crippen LogP contribution in [0.5, 0.6) is 5.75 Å². The molecule has 0 saturated heterocycles. The summed E-state index contributed by atoms with van der Waals surface area (Å²) in [4.78, 5) is 31.4. The number of methoxy groups -OCH3 is 1. The largest absolute Gasteiger partial charge is 0.482 e. The van der Waals surface area contributed by atoms with Gasteiger partial charge in [0.15, 0.2) is 6.29 Å². The van der Waals surface area contributed by atoms with Crippen molar-refractivity contribution < 1.29 is 37.7 Å². The number of fused-ring (bicyclic) bond motifs is 4. The molecule has 9 atom stereocenters. The lowest BCUT2D eigenvalue weighted by Crippen LogP contribution is -2.69. The summed E-state index contributed by atoms with van der Waals surface area (Å²) in [6, 6.07) is 18.2. The fourth-order valence-corrected chi connectivity index (χ4v) is 9.05. The SMILES string of the molecule is COC(OC1CCC2(C)C(CC(OC(=O)c3ccc(F)cc3)C3(C)Oc4cc(-c5cccnc5)oc(=O)c4C(O)C23)C1C)c1ccccc1C. The number of esters is 1. The fraction of sp³-hybridized carbons (Fsp3) is 0.425. The molecule has 2 saturated carbocycles. The highest BCUT2D eigenvalue weighted by atomic mass is 19.1. The maximum Gasteiger partial charge on any atom is 0.345 e. The number of benzene rings is 2. The predicted octanol–water partition coefficient (Wildman–Crippen LogP) is 7.36. The molecule has 2 aliphatic carbocycles. The minimum Gasteiger partial charge on any atom is -0.482 e. The van der Waals surface area contributed by atoms with Gasteiger partial charge in [-0.15, -0.1) is 0 Å². The first-order valence-electron chi connectivity index (χ1n) is 17.1. The zero-order valence-corrected chi connectivity index (χ0v) is 28.8. The first kappa shape index (κ1) is 34.1. The minimum absolute atomic E-state index is 0.0376. The molecule has 2 aromatic carbocycles. The summed E-state index contributed by atoms with van der Waals surface area (Å²) in [7, 11) is 1.63. The van der Waals surface area contributed by atoms with Crippen molar-refractivity contribution in [3.63, 3.8) is 0 Å². The van der Waals surface area contributed by atoms with E-state index < -0.39 is 52.8 Å². The number of rotatable bonds is 7. The summed E-state index contributed by atoms with van der Waals surface area (Å²) in [5, 5.41) is 12.3. The Morgan fingerprint density at radius 2 is 1.86 bits per heavy atom. The Kier molecular flexibility index (Phi) is 8.90. The Balaban J connectivity index is 1.28. The van der Waals surface area contributed by atoms with E-state index in [1.165, 1.54) is 24.3 Å². The number of carbonyl (C=O) groups excluding carboxylic acids is 1. The Morgan fingerprint density at radius 1 is 1.10 bits per heavy atom. The maximum atomic E-state index is 13.8. The van der Waals surface area contributed by atoms with Gasteiger partial charge in [0.1, 0.15) is 34.6 Å². The molecule has 2 fully saturated rings. The average Bonchev–Trinajstić information content (AvgIpc) is 3.09. The van der Waals surface area contributed by atoms with Gasteiger partial charge >= 0.3 is 11.6 Å². The van der Waals surface area contributed by atoms with E-state index in [0.29, 0.717) is 24.8 Å². The number of nitrogens with zero attached hydrogens (tertiary/aromatic N) is 1. The predicted molar refractivity (Wildman–Crippen MR) is 182 cm³/mol. The van der Waals surface area contributed by atoms with Crippen LogP contribution in [0.15, 0.2) is 88.3 Å². The van der Waals surface area contributed by atoms with Crippen molar-refractivity contribution in [2.75, 3.05) is 7.11 Å². The standard InChI is InChI=1S/C40H42FNO8/c1-22-9-6-7-11-27(22)38(46-5)48-29-16-17-39(3)28(23(29)2)19-32(49-36(44)24-12-14-26(41)15-13-24)40(4)35(39)34(43)33-31(50-40)20-30(47-37(33)45)25-10-8-18-42-21-25/h6-15,18,20-21,23,28-29,32,34-35,38,43H,16-17,19H2,1-5H3. The number of pyridine rings is 1. The van der Waals surface area contributed by atoms with Crippen LogP contribution in [0.1, 0.15) is 79.5 Å². The van der Waals surface area contributed by atoms with Crippen LogP contribution in [-0.4, -0.2) is 41.0 Å². The molecule has 0 bridgehead atoms. The lowest BCUT2D eigenvalue weighted by molar-refractivity contribution is -0.258. The van der Waals surface area contributed by atoms with Gasteiger partial charge < -0.3 is 28.5 Å². The number of hydrogen-bond acceptors (Lipinski definition) is 9. The Morgan fingerprint density at radius 3 is 2.56 bits per heavy atom. The molecule has 262 valence electrons. The molecule has 10 heteroatoms. The molecule has 50 heavy (non-hydrogen) atoms. The summed E-state index contributed by atoms with van der Waals surface area (Å²) in [6.45, 7) is 8.12. The monoisotopic (exact) mass is 683 g/mol. The molecular weight excluding hydrogens is 641 g/mol. The van der Waals surface area contributed by atoms with E-state index in [2.05, 4.69) is 18.8 Å². The number of carbonyl (C=O) groups is 1. The third-order valence-electron chi connectivity index (χ3n) is 11.6. The van der Waals surface area contributed by atoms with Crippen molar-refractivity contribution in [2.24, 2.45) is 23.2 Å². The zero-order valence-electron chi connectivity index (χ0n) is 28.8. The van der Waals surface area contributed by atoms with Crippen molar-refractivity contribution in [3.05, 3.63) is 118 Å². The Hall–Kier alpha value is -4.38. The van der Waals surface area contributed by atoms with Gasteiger partial charge in [0.2, 0.25) is 0 Å². The van der Waals surface area contributed by atoms with Gasteiger partial charge in [0.05, 0.1) is 17.8 Å². The van der Waals surface area contributed by atoms with Crippen LogP contribution in [0.3, 0.4) is 0 Å². The molecule has 0 amide bonds. The summed E-state index contributed by atoms with van der Waals surface area (Å²) in [5.74, 6) is -1.56. The molecule has 0 radical (unpaired) electrons. The van der Waals surface area contributed by atoms with E-state index in [-0.39, 0.29) is 40.6 Å². The second kappa shape index (κ2) is 13.1. The first-order chi connectivity index (χ1) is 23.9. The molecule has 0 spiro atoms. The Bertz CT molecular complexity index is 1930. The van der Waals surface area contributed by atoms with Gasteiger partial charge in [-0.2, -0.15) is 0 Å². The van der Waals surface area contributed by atoms with Gasteiger partial charge in [-0.05, 0) is 92.3 Å². The minimum atomic E-state index is -1.29. The Labute approximate surface area is 290 Å². The number of halogens is 1.